The molecule has 12 aromatic rings. The third kappa shape index (κ3) is 8.89. The maximum absolute atomic E-state index is 11.8. The van der Waals surface area contributed by atoms with E-state index in [1.165, 1.54) is 0 Å². The van der Waals surface area contributed by atoms with Crippen molar-refractivity contribution in [1.82, 2.24) is 15.0 Å². The minimum atomic E-state index is -2.86. The maximum atomic E-state index is 11.8. The number of pyridine rings is 5. The molecule has 306 valence electrons. The largest absolute Gasteiger partial charge is 2.00 e. The second-order valence-electron chi connectivity index (χ2n) is 14.7. The van der Waals surface area contributed by atoms with Gasteiger partial charge < -0.3 is 21.6 Å². The molecule has 5 heterocycles. The van der Waals surface area contributed by atoms with E-state index in [2.05, 4.69) is 24.9 Å². The van der Waals surface area contributed by atoms with Gasteiger partial charge in [-0.25, -0.2) is 9.97 Å². The third-order valence-corrected chi connectivity index (χ3v) is 12.1. The van der Waals surface area contributed by atoms with E-state index in [-0.39, 0.29) is 21.6 Å². The number of para-hydroxylation sites is 3. The molecule has 0 fully saturated rings. The number of hydrogen-bond acceptors (Lipinski definition) is 8. The molecule has 0 spiro atoms. The number of nitrogens with zero attached hydrogens (tertiary/aromatic N) is 3. The zero-order valence-corrected chi connectivity index (χ0v) is 36.0. The Kier molecular flexibility index (Phi) is 12.3. The number of nitrogens with one attached hydrogen (secondary N) is 2. The topological polar surface area (TPSA) is 141 Å². The molecule has 0 aliphatic heterocycles. The van der Waals surface area contributed by atoms with E-state index in [9.17, 15) is 10.2 Å². The molecule has 12 heteroatoms. The van der Waals surface area contributed by atoms with Gasteiger partial charge in [-0.1, -0.05) is 115 Å². The van der Waals surface area contributed by atoms with Gasteiger partial charge in [0.2, 0.25) is 11.0 Å². The second kappa shape index (κ2) is 19.1. The van der Waals surface area contributed by atoms with Crippen molar-refractivity contribution in [2.75, 3.05) is 0 Å². The van der Waals surface area contributed by atoms with Gasteiger partial charge in [-0.2, -0.15) is 0 Å². The first kappa shape index (κ1) is 42.1. The van der Waals surface area contributed by atoms with Crippen molar-refractivity contribution >= 4 is 101 Å². The minimum Gasteiger partial charge on any atom is -0.872 e. The SMILES string of the molecule is [Be+2].[O-]c1cccc2ccc3ccc[nH+]c3c12.[O-]c1cccc2ccc3ccc[nH+]c3c12.c1cnc2c([O][Al]([O]c3cccc4cccnc34)[O]c3cccc4cccnc34)cccc2c1. The van der Waals surface area contributed by atoms with Crippen LogP contribution in [0.1, 0.15) is 0 Å². The molecule has 5 aromatic heterocycles. The van der Waals surface area contributed by atoms with Crippen LogP contribution in [0, 0.1) is 0 Å². The zero-order valence-electron chi connectivity index (χ0n) is 34.8. The Morgan fingerprint density at radius 1 is 0.354 bits per heavy atom. The summed E-state index contributed by atoms with van der Waals surface area (Å²) >= 11 is -2.86. The summed E-state index contributed by atoms with van der Waals surface area (Å²) in [7, 11) is 0. The number of aromatic nitrogens is 5. The van der Waals surface area contributed by atoms with E-state index >= 15 is 0 Å². The van der Waals surface area contributed by atoms with Crippen LogP contribution in [0.3, 0.4) is 0 Å². The molecule has 0 radical (unpaired) electrons. The van der Waals surface area contributed by atoms with Crippen LogP contribution in [0.5, 0.6) is 28.7 Å². The number of benzene rings is 7. The van der Waals surface area contributed by atoms with Crippen LogP contribution >= 0.6 is 0 Å². The molecule has 0 atom stereocenters. The van der Waals surface area contributed by atoms with Crippen molar-refractivity contribution in [3.63, 3.8) is 0 Å². The Balaban J connectivity index is 0.000000141. The van der Waals surface area contributed by atoms with Gasteiger partial charge in [-0.05, 0) is 71.4 Å². The number of rotatable bonds is 6. The Bertz CT molecular complexity index is 3310. The number of fused-ring (bicyclic) bond motifs is 9. The smallest absolute Gasteiger partial charge is 0.872 e. The number of aromatic amines is 2. The van der Waals surface area contributed by atoms with Crippen LogP contribution in [0.4, 0.5) is 0 Å². The van der Waals surface area contributed by atoms with Crippen LogP contribution in [-0.4, -0.2) is 40.2 Å². The first-order valence-electron chi connectivity index (χ1n) is 20.6. The van der Waals surface area contributed by atoms with E-state index in [0.29, 0.717) is 17.2 Å². The molecule has 0 amide bonds. The summed E-state index contributed by atoms with van der Waals surface area (Å²) in [5.74, 6) is 1.96. The molecular formula is C53H36AlBeN5O5+2. The van der Waals surface area contributed by atoms with Crippen LogP contribution in [0.2, 0.25) is 0 Å². The van der Waals surface area contributed by atoms with Crippen molar-refractivity contribution in [1.29, 1.82) is 0 Å². The number of H-pyrrole nitrogens is 2. The molecule has 0 aliphatic rings. The van der Waals surface area contributed by atoms with Gasteiger partial charge in [0.1, 0.15) is 33.8 Å². The maximum Gasteiger partial charge on any atom is 2.00 e. The molecule has 0 unspecified atom stereocenters. The van der Waals surface area contributed by atoms with Crippen LogP contribution in [-0.2, 0) is 0 Å². The summed E-state index contributed by atoms with van der Waals surface area (Å²) in [5.41, 5.74) is 4.09. The average Bonchev–Trinajstić information content (AvgIpc) is 3.35. The van der Waals surface area contributed by atoms with Gasteiger partial charge in [-0.15, -0.1) is 0 Å². The Hall–Kier alpha value is -8.19. The minimum absolute atomic E-state index is 0. The fourth-order valence-electron chi connectivity index (χ4n) is 7.78. The summed E-state index contributed by atoms with van der Waals surface area (Å²) in [4.78, 5) is 19.8. The number of hydrogen-bond donors (Lipinski definition) is 0. The molecular weight excluding hydrogens is 823 g/mol. The predicted octanol–water partition coefficient (Wildman–Crippen LogP) is 9.23. The van der Waals surface area contributed by atoms with Crippen molar-refractivity contribution in [3.8, 4) is 28.7 Å². The van der Waals surface area contributed by atoms with E-state index in [0.717, 1.165) is 76.1 Å². The van der Waals surface area contributed by atoms with E-state index in [4.69, 9.17) is 11.4 Å². The van der Waals surface area contributed by atoms with Gasteiger partial charge in [0.15, 0.2) is 12.4 Å². The van der Waals surface area contributed by atoms with Gasteiger partial charge >= 0.3 is 25.3 Å². The quantitative estimate of drug-likeness (QED) is 0.119. The first-order valence-corrected chi connectivity index (χ1v) is 22.0. The molecule has 0 bridgehead atoms. The van der Waals surface area contributed by atoms with Crippen molar-refractivity contribution in [2.45, 2.75) is 0 Å². The van der Waals surface area contributed by atoms with E-state index in [1.54, 1.807) is 42.9 Å². The normalized spacial score (nSPS) is 10.8. The van der Waals surface area contributed by atoms with Gasteiger partial charge in [0.05, 0.1) is 0 Å². The fourth-order valence-corrected chi connectivity index (χ4v) is 9.11. The summed E-state index contributed by atoms with van der Waals surface area (Å²) in [6.45, 7) is 0. The summed E-state index contributed by atoms with van der Waals surface area (Å²) < 4.78 is 19.2. The molecule has 10 nitrogen and oxygen atoms in total. The average molecular weight is 859 g/mol. The Morgan fingerprint density at radius 2 is 0.677 bits per heavy atom. The molecule has 0 saturated heterocycles. The zero-order chi connectivity index (χ0) is 43.2. The van der Waals surface area contributed by atoms with Crippen LogP contribution in [0.15, 0.2) is 207 Å². The standard InChI is InChI=1S/2C13H9NO.3C9H7NO.Al.Be/c2*15-11-5-1-3-9-6-7-10-4-2-8-14-13(10)12(9)11;3*11-8-5-1-3-7-4-2-6-10-9(7)8;;/h2*1-8,15H;3*1-6,11H;;/q;;;;;+3;+2/p-3. The molecule has 2 N–H and O–H groups in total. The van der Waals surface area contributed by atoms with Crippen LogP contribution in [0.25, 0.3) is 76.1 Å². The summed E-state index contributed by atoms with van der Waals surface area (Å²) in [5, 5.41) is 32.1. The molecule has 7 aromatic carbocycles. The third-order valence-electron chi connectivity index (χ3n) is 10.7. The van der Waals surface area contributed by atoms with E-state index in [1.807, 2.05) is 164 Å². The second-order valence-corrected chi connectivity index (χ2v) is 16.0. The Morgan fingerprint density at radius 3 is 1.08 bits per heavy atom. The summed E-state index contributed by atoms with van der Waals surface area (Å²) in [6.07, 6.45) is 8.92. The van der Waals surface area contributed by atoms with Crippen molar-refractivity contribution < 1.29 is 31.5 Å². The van der Waals surface area contributed by atoms with Gasteiger partial charge in [-0.3, -0.25) is 15.0 Å². The van der Waals surface area contributed by atoms with E-state index < -0.39 is 15.1 Å². The molecule has 12 rings (SSSR count). The van der Waals surface area contributed by atoms with Gasteiger partial charge in [0, 0.05) is 68.4 Å². The Labute approximate surface area is 381 Å². The van der Waals surface area contributed by atoms with Crippen molar-refractivity contribution in [2.24, 2.45) is 0 Å². The fraction of sp³-hybridized carbons (Fsp3) is 0. The molecule has 65 heavy (non-hydrogen) atoms. The first-order chi connectivity index (χ1) is 31.6. The van der Waals surface area contributed by atoms with Crippen LogP contribution < -0.4 is 31.5 Å². The predicted molar refractivity (Wildman–Crippen MR) is 254 cm³/mol. The van der Waals surface area contributed by atoms with Crippen molar-refractivity contribution in [3.05, 3.63) is 207 Å². The molecule has 0 aliphatic carbocycles. The summed E-state index contributed by atoms with van der Waals surface area (Å²) in [6, 6.07) is 55.7. The van der Waals surface area contributed by atoms with Gasteiger partial charge in [0.25, 0.3) is 0 Å². The monoisotopic (exact) mass is 858 g/mol. The molecule has 0 saturated carbocycles.